The van der Waals surface area contributed by atoms with Crippen molar-refractivity contribution in [2.45, 2.75) is 57.0 Å². The van der Waals surface area contributed by atoms with E-state index in [1.165, 1.54) is 11.3 Å². The van der Waals surface area contributed by atoms with Gasteiger partial charge in [-0.15, -0.1) is 11.3 Å². The molecule has 6 rings (SSSR count). The number of nitrogens with zero attached hydrogens (tertiary/aromatic N) is 1. The summed E-state index contributed by atoms with van der Waals surface area (Å²) in [5.41, 5.74) is 1.77. The van der Waals surface area contributed by atoms with Crippen LogP contribution in [0.15, 0.2) is 48.5 Å². The lowest BCUT2D eigenvalue weighted by Gasteiger charge is -2.25. The summed E-state index contributed by atoms with van der Waals surface area (Å²) in [5, 5.41) is 9.75. The monoisotopic (exact) mass is 601 g/mol. The molecular formula is C32H35N5O5S. The first kappa shape index (κ1) is 28.9. The molecular weight excluding hydrogens is 566 g/mol. The highest BCUT2D eigenvalue weighted by molar-refractivity contribution is 7.20. The van der Waals surface area contributed by atoms with Crippen molar-refractivity contribution in [3.63, 3.8) is 0 Å². The second-order valence-electron chi connectivity index (χ2n) is 11.4. The number of aromatic nitrogens is 2. The average Bonchev–Trinajstić information content (AvgIpc) is 3.83. The molecule has 3 atom stereocenters. The maximum atomic E-state index is 13.9. The van der Waals surface area contributed by atoms with E-state index in [4.69, 9.17) is 4.74 Å². The number of Topliss-reactive ketones (excluding diaryl/α,β-unsaturated/α-hetero) is 1. The number of amides is 3. The van der Waals surface area contributed by atoms with E-state index in [1.54, 1.807) is 13.2 Å². The number of thiazole rings is 1. The normalized spacial score (nSPS) is 18.4. The molecule has 43 heavy (non-hydrogen) atoms. The van der Waals surface area contributed by atoms with Crippen LogP contribution in [-0.4, -0.2) is 59.2 Å². The minimum atomic E-state index is -0.956. The lowest BCUT2D eigenvalue weighted by atomic mass is 9.94. The molecule has 2 aromatic heterocycles. The van der Waals surface area contributed by atoms with Crippen LogP contribution < -0.4 is 20.7 Å². The molecule has 3 amide bonds. The van der Waals surface area contributed by atoms with E-state index in [9.17, 15) is 19.2 Å². The number of ketones is 1. The van der Waals surface area contributed by atoms with Gasteiger partial charge >= 0.3 is 0 Å². The van der Waals surface area contributed by atoms with Crippen LogP contribution in [0.1, 0.15) is 65.2 Å². The van der Waals surface area contributed by atoms with Gasteiger partial charge in [-0.1, -0.05) is 43.9 Å². The van der Waals surface area contributed by atoms with Crippen molar-refractivity contribution >= 4 is 56.0 Å². The van der Waals surface area contributed by atoms with Crippen molar-refractivity contribution in [3.05, 3.63) is 59.2 Å². The molecule has 2 aliphatic rings. The van der Waals surface area contributed by atoms with Gasteiger partial charge in [-0.25, -0.2) is 4.98 Å². The van der Waals surface area contributed by atoms with Gasteiger partial charge in [-0.3, -0.25) is 19.2 Å². The van der Waals surface area contributed by atoms with Crippen LogP contribution in [0.3, 0.4) is 0 Å². The lowest BCUT2D eigenvalue weighted by Crippen LogP contribution is -2.52. The van der Waals surface area contributed by atoms with E-state index in [2.05, 4.69) is 25.9 Å². The maximum Gasteiger partial charge on any atom is 0.268 e. The molecule has 1 aliphatic heterocycles. The Kier molecular flexibility index (Phi) is 8.42. The fraction of sp³-hybridized carbons (Fsp3) is 0.406. The molecule has 2 unspecified atom stereocenters. The molecule has 1 saturated heterocycles. The highest BCUT2D eigenvalue weighted by atomic mass is 32.1. The minimum Gasteiger partial charge on any atom is -0.496 e. The predicted molar refractivity (Wildman–Crippen MR) is 164 cm³/mol. The van der Waals surface area contributed by atoms with E-state index in [0.717, 1.165) is 41.3 Å². The Bertz CT molecular complexity index is 1640. The van der Waals surface area contributed by atoms with Gasteiger partial charge in [0.1, 0.15) is 17.5 Å². The number of aromatic amines is 1. The van der Waals surface area contributed by atoms with Crippen molar-refractivity contribution < 1.29 is 23.9 Å². The van der Waals surface area contributed by atoms with E-state index < -0.39 is 29.8 Å². The van der Waals surface area contributed by atoms with Gasteiger partial charge in [0, 0.05) is 23.4 Å². The van der Waals surface area contributed by atoms with E-state index in [0.29, 0.717) is 36.3 Å². The fourth-order valence-corrected chi connectivity index (χ4v) is 7.22. The zero-order chi connectivity index (χ0) is 29.9. The summed E-state index contributed by atoms with van der Waals surface area (Å²) >= 11 is 1.27. The van der Waals surface area contributed by atoms with Gasteiger partial charge in [0.05, 0.1) is 23.4 Å². The zero-order valence-corrected chi connectivity index (χ0v) is 24.8. The number of ether oxygens (including phenoxy) is 1. The summed E-state index contributed by atoms with van der Waals surface area (Å²) < 4.78 is 6.30. The molecule has 2 aromatic carbocycles. The molecule has 0 radical (unpaired) electrons. The van der Waals surface area contributed by atoms with Gasteiger partial charge in [-0.2, -0.15) is 0 Å². The topological polar surface area (TPSA) is 142 Å². The smallest absolute Gasteiger partial charge is 0.268 e. The zero-order valence-electron chi connectivity index (χ0n) is 24.0. The predicted octanol–water partition coefficient (Wildman–Crippen LogP) is 4.36. The van der Waals surface area contributed by atoms with Gasteiger partial charge in [0.2, 0.25) is 17.6 Å². The standard InChI is InChI=1S/C32H35N5O5S/c1-42-26-11-6-10-21-20(26)17-25(34-21)31(41)36-24(15-18-7-2-3-8-18)30(40)35-23(16-19-13-14-33-29(19)39)28(38)32-37-22-9-4-5-12-27(22)43-32/h4-6,9-12,17-19,23-24,34H,2-3,7-8,13-16H2,1H3,(H,33,39)(H,35,40)(H,36,41)/t19-,23?,24?/m0/s1. The van der Waals surface area contributed by atoms with Crippen molar-refractivity contribution in [2.75, 3.05) is 13.7 Å². The largest absolute Gasteiger partial charge is 0.496 e. The van der Waals surface area contributed by atoms with Crippen LogP contribution in [0.25, 0.3) is 21.1 Å². The molecule has 1 saturated carbocycles. The summed E-state index contributed by atoms with van der Waals surface area (Å²) in [6.45, 7) is 0.537. The number of para-hydroxylation sites is 1. The van der Waals surface area contributed by atoms with Crippen molar-refractivity contribution in [1.29, 1.82) is 0 Å². The van der Waals surface area contributed by atoms with Crippen LogP contribution in [0.5, 0.6) is 5.75 Å². The Labute approximate surface area is 253 Å². The minimum absolute atomic E-state index is 0.124. The molecule has 0 spiro atoms. The third-order valence-corrected chi connectivity index (χ3v) is 9.63. The first-order valence-electron chi connectivity index (χ1n) is 14.8. The third-order valence-electron chi connectivity index (χ3n) is 8.57. The summed E-state index contributed by atoms with van der Waals surface area (Å²) in [7, 11) is 1.57. The van der Waals surface area contributed by atoms with Crippen molar-refractivity contribution in [2.24, 2.45) is 11.8 Å². The molecule has 4 aromatic rings. The summed E-state index contributed by atoms with van der Waals surface area (Å²) in [5.74, 6) is -0.775. The molecule has 2 fully saturated rings. The van der Waals surface area contributed by atoms with E-state index in [-0.39, 0.29) is 29.0 Å². The molecule has 1 aliphatic carbocycles. The Morgan fingerprint density at radius 2 is 1.84 bits per heavy atom. The molecule has 4 N–H and O–H groups in total. The number of hydrogen-bond donors (Lipinski definition) is 4. The summed E-state index contributed by atoms with van der Waals surface area (Å²) in [6, 6.07) is 12.9. The number of carbonyl (C=O) groups is 4. The SMILES string of the molecule is COc1cccc2[nH]c(C(=O)NC(CC3CCCC3)C(=O)NC(C[C@@H]3CCNC3=O)C(=O)c3nc4ccccc4s3)cc12. The highest BCUT2D eigenvalue weighted by Gasteiger charge is 2.35. The maximum absolute atomic E-state index is 13.9. The number of benzene rings is 2. The van der Waals surface area contributed by atoms with Crippen LogP contribution >= 0.6 is 11.3 Å². The van der Waals surface area contributed by atoms with Gasteiger partial charge < -0.3 is 25.7 Å². The fourth-order valence-electron chi connectivity index (χ4n) is 6.26. The van der Waals surface area contributed by atoms with E-state index >= 15 is 0 Å². The molecule has 11 heteroatoms. The van der Waals surface area contributed by atoms with Gasteiger partial charge in [0.15, 0.2) is 5.01 Å². The molecule has 224 valence electrons. The quantitative estimate of drug-likeness (QED) is 0.188. The Morgan fingerprint density at radius 3 is 2.58 bits per heavy atom. The number of hydrogen-bond acceptors (Lipinski definition) is 7. The third kappa shape index (κ3) is 6.27. The number of H-pyrrole nitrogens is 1. The van der Waals surface area contributed by atoms with Crippen LogP contribution in [0.4, 0.5) is 0 Å². The average molecular weight is 602 g/mol. The van der Waals surface area contributed by atoms with Crippen LogP contribution in [0.2, 0.25) is 0 Å². The second kappa shape index (κ2) is 12.5. The molecule has 3 heterocycles. The number of fused-ring (bicyclic) bond motifs is 2. The Morgan fingerprint density at radius 1 is 1.02 bits per heavy atom. The Hall–Kier alpha value is -4.25. The van der Waals surface area contributed by atoms with Gasteiger partial charge in [0.25, 0.3) is 5.91 Å². The highest BCUT2D eigenvalue weighted by Crippen LogP contribution is 2.30. The summed E-state index contributed by atoms with van der Waals surface area (Å²) in [6.07, 6.45) is 5.36. The summed E-state index contributed by atoms with van der Waals surface area (Å²) in [4.78, 5) is 61.3. The number of nitrogens with one attached hydrogen (secondary N) is 4. The van der Waals surface area contributed by atoms with Gasteiger partial charge in [-0.05, 0) is 55.5 Å². The first-order chi connectivity index (χ1) is 20.9. The Balaban J connectivity index is 1.25. The number of carbonyl (C=O) groups excluding carboxylic acids is 4. The van der Waals surface area contributed by atoms with Crippen LogP contribution in [-0.2, 0) is 9.59 Å². The molecule has 0 bridgehead atoms. The van der Waals surface area contributed by atoms with E-state index in [1.807, 2.05) is 42.5 Å². The molecule has 10 nitrogen and oxygen atoms in total. The first-order valence-corrected chi connectivity index (χ1v) is 15.7. The van der Waals surface area contributed by atoms with Crippen LogP contribution in [0, 0.1) is 11.8 Å². The second-order valence-corrected chi connectivity index (χ2v) is 12.5. The number of rotatable bonds is 11. The number of methoxy groups -OCH3 is 1. The van der Waals surface area contributed by atoms with Crippen molar-refractivity contribution in [3.8, 4) is 5.75 Å². The lowest BCUT2D eigenvalue weighted by molar-refractivity contribution is -0.125. The van der Waals surface area contributed by atoms with Crippen molar-refractivity contribution in [1.82, 2.24) is 25.9 Å².